The molecule has 0 aliphatic rings. The number of halogens is 1. The number of hydrogen-bond acceptors (Lipinski definition) is 3. The van der Waals surface area contributed by atoms with E-state index in [1.807, 2.05) is 13.1 Å². The minimum Gasteiger partial charge on any atom is -0.488 e. The van der Waals surface area contributed by atoms with Gasteiger partial charge in [-0.3, -0.25) is 4.68 Å². The zero-order chi connectivity index (χ0) is 13.8. The lowest BCUT2D eigenvalue weighted by Gasteiger charge is -2.12. The molecule has 0 spiro atoms. The number of ether oxygens (including phenoxy) is 1. The minimum absolute atomic E-state index is 0.295. The molecule has 1 aromatic heterocycles. The molecule has 0 bridgehead atoms. The minimum atomic E-state index is -0.700. The third-order valence-corrected chi connectivity index (χ3v) is 2.83. The molecule has 0 saturated carbocycles. The summed E-state index contributed by atoms with van der Waals surface area (Å²) in [7, 11) is 0. The predicted octanol–water partition coefficient (Wildman–Crippen LogP) is 2.67. The molecule has 1 aromatic carbocycles. The summed E-state index contributed by atoms with van der Waals surface area (Å²) in [6, 6.07) is 4.13. The first-order valence-corrected chi connectivity index (χ1v) is 6.21. The van der Waals surface area contributed by atoms with Gasteiger partial charge in [-0.05, 0) is 26.0 Å². The first-order valence-electron chi connectivity index (χ1n) is 6.21. The van der Waals surface area contributed by atoms with Crippen LogP contribution in [0.15, 0.2) is 30.6 Å². The van der Waals surface area contributed by atoms with Gasteiger partial charge in [-0.2, -0.15) is 5.10 Å². The number of aliphatic hydroxyl groups excluding tert-OH is 1. The number of rotatable bonds is 5. The van der Waals surface area contributed by atoms with Gasteiger partial charge in [-0.25, -0.2) is 4.39 Å². The number of aromatic nitrogens is 2. The highest BCUT2D eigenvalue weighted by molar-refractivity contribution is 5.35. The van der Waals surface area contributed by atoms with E-state index in [9.17, 15) is 9.50 Å². The van der Waals surface area contributed by atoms with Crippen LogP contribution >= 0.6 is 0 Å². The molecule has 4 nitrogen and oxygen atoms in total. The number of hydrogen-bond donors (Lipinski definition) is 1. The van der Waals surface area contributed by atoms with Crippen molar-refractivity contribution in [3.8, 4) is 5.75 Å². The Balaban J connectivity index is 2.12. The first kappa shape index (κ1) is 13.5. The van der Waals surface area contributed by atoms with Gasteiger partial charge in [-0.1, -0.05) is 0 Å². The van der Waals surface area contributed by atoms with Crippen molar-refractivity contribution in [2.75, 3.05) is 0 Å². The van der Waals surface area contributed by atoms with Crippen LogP contribution in [0.5, 0.6) is 5.75 Å². The van der Waals surface area contributed by atoms with Crippen LogP contribution in [0.3, 0.4) is 0 Å². The van der Waals surface area contributed by atoms with Gasteiger partial charge in [0.2, 0.25) is 0 Å². The van der Waals surface area contributed by atoms with Crippen molar-refractivity contribution in [1.82, 2.24) is 9.78 Å². The molecule has 0 amide bonds. The maximum absolute atomic E-state index is 13.2. The molecule has 1 atom stereocenters. The second-order valence-electron chi connectivity index (χ2n) is 4.35. The molecule has 5 heteroatoms. The average molecular weight is 264 g/mol. The second kappa shape index (κ2) is 5.84. The molecule has 2 aromatic rings. The summed E-state index contributed by atoms with van der Waals surface area (Å²) in [5.74, 6) is -0.0251. The number of nitrogens with zero attached hydrogens (tertiary/aromatic N) is 2. The Bertz CT molecular complexity index is 552. The fraction of sp³-hybridized carbons (Fsp3) is 0.357. The molecule has 1 N–H and O–H groups in total. The lowest BCUT2D eigenvalue weighted by atomic mass is 10.1. The van der Waals surface area contributed by atoms with Crippen LogP contribution < -0.4 is 4.74 Å². The molecule has 0 aliphatic heterocycles. The summed E-state index contributed by atoms with van der Waals surface area (Å²) < 4.78 is 20.6. The molecule has 0 unspecified atom stereocenters. The van der Waals surface area contributed by atoms with E-state index in [2.05, 4.69) is 5.10 Å². The van der Waals surface area contributed by atoms with Crippen LogP contribution in [0.25, 0.3) is 0 Å². The molecule has 0 aliphatic carbocycles. The van der Waals surface area contributed by atoms with Gasteiger partial charge in [0.1, 0.15) is 18.2 Å². The van der Waals surface area contributed by atoms with Crippen molar-refractivity contribution in [1.29, 1.82) is 0 Å². The Morgan fingerprint density at radius 2 is 2.26 bits per heavy atom. The molecular formula is C14H17FN2O2. The maximum Gasteiger partial charge on any atom is 0.128 e. The summed E-state index contributed by atoms with van der Waals surface area (Å²) >= 11 is 0. The maximum atomic E-state index is 13.2. The topological polar surface area (TPSA) is 47.3 Å². The molecule has 2 rings (SSSR count). The zero-order valence-electron chi connectivity index (χ0n) is 11.0. The quantitative estimate of drug-likeness (QED) is 0.903. The molecule has 0 radical (unpaired) electrons. The van der Waals surface area contributed by atoms with Gasteiger partial charge in [0, 0.05) is 29.9 Å². The highest BCUT2D eigenvalue weighted by Gasteiger charge is 2.11. The highest BCUT2D eigenvalue weighted by Crippen LogP contribution is 2.26. The molecule has 0 fully saturated rings. The van der Waals surface area contributed by atoms with Crippen molar-refractivity contribution >= 4 is 0 Å². The zero-order valence-corrected chi connectivity index (χ0v) is 11.0. The average Bonchev–Trinajstić information content (AvgIpc) is 2.84. The lowest BCUT2D eigenvalue weighted by Crippen LogP contribution is -2.01. The standard InChI is InChI=1S/C14H17FN2O2/c1-3-17-8-11(7-16-17)9-19-14-6-12(15)4-5-13(14)10(2)18/h4-8,10,18H,3,9H2,1-2H3/t10-/m1/s1. The second-order valence-corrected chi connectivity index (χ2v) is 4.35. The van der Waals surface area contributed by atoms with E-state index in [1.165, 1.54) is 18.2 Å². The SMILES string of the molecule is CCn1cc(COc2cc(F)ccc2[C@@H](C)O)cn1. The summed E-state index contributed by atoms with van der Waals surface area (Å²) in [4.78, 5) is 0. The van der Waals surface area contributed by atoms with E-state index in [4.69, 9.17) is 4.74 Å². The van der Waals surface area contributed by atoms with Gasteiger partial charge in [0.25, 0.3) is 0 Å². The van der Waals surface area contributed by atoms with Crippen molar-refractivity contribution in [3.63, 3.8) is 0 Å². The van der Waals surface area contributed by atoms with Gasteiger partial charge in [0.15, 0.2) is 0 Å². The molecule has 102 valence electrons. The smallest absolute Gasteiger partial charge is 0.128 e. The highest BCUT2D eigenvalue weighted by atomic mass is 19.1. The van der Waals surface area contributed by atoms with Crippen molar-refractivity contribution in [2.45, 2.75) is 33.1 Å². The van der Waals surface area contributed by atoms with Crippen LogP contribution in [0.1, 0.15) is 31.1 Å². The Hall–Kier alpha value is -1.88. The first-order chi connectivity index (χ1) is 9.10. The summed E-state index contributed by atoms with van der Waals surface area (Å²) in [6.45, 7) is 4.70. The molecule has 19 heavy (non-hydrogen) atoms. The van der Waals surface area contributed by atoms with Crippen molar-refractivity contribution < 1.29 is 14.2 Å². The van der Waals surface area contributed by atoms with Crippen LogP contribution in [-0.2, 0) is 13.2 Å². The Labute approximate surface area is 111 Å². The van der Waals surface area contributed by atoms with Gasteiger partial charge in [-0.15, -0.1) is 0 Å². The summed E-state index contributed by atoms with van der Waals surface area (Å²) in [5, 5.41) is 13.8. The van der Waals surface area contributed by atoms with E-state index in [0.29, 0.717) is 17.9 Å². The van der Waals surface area contributed by atoms with E-state index in [-0.39, 0.29) is 5.82 Å². The van der Waals surface area contributed by atoms with Crippen LogP contribution in [0.2, 0.25) is 0 Å². The van der Waals surface area contributed by atoms with Crippen LogP contribution in [0.4, 0.5) is 4.39 Å². The van der Waals surface area contributed by atoms with Crippen molar-refractivity contribution in [2.24, 2.45) is 0 Å². The summed E-state index contributed by atoms with van der Waals surface area (Å²) in [5.41, 5.74) is 1.48. The monoisotopic (exact) mass is 264 g/mol. The van der Waals surface area contributed by atoms with Gasteiger partial charge < -0.3 is 9.84 Å². The Morgan fingerprint density at radius 1 is 1.47 bits per heavy atom. The third kappa shape index (κ3) is 3.32. The fourth-order valence-electron chi connectivity index (χ4n) is 1.79. The van der Waals surface area contributed by atoms with E-state index in [1.54, 1.807) is 17.8 Å². The molecule has 0 saturated heterocycles. The number of aliphatic hydroxyl groups is 1. The summed E-state index contributed by atoms with van der Waals surface area (Å²) in [6.07, 6.45) is 2.89. The third-order valence-electron chi connectivity index (χ3n) is 2.83. The largest absolute Gasteiger partial charge is 0.488 e. The Morgan fingerprint density at radius 3 is 2.89 bits per heavy atom. The predicted molar refractivity (Wildman–Crippen MR) is 69.3 cm³/mol. The van der Waals surface area contributed by atoms with E-state index < -0.39 is 6.10 Å². The Kier molecular flexibility index (Phi) is 4.16. The lowest BCUT2D eigenvalue weighted by molar-refractivity contribution is 0.190. The van der Waals surface area contributed by atoms with Gasteiger partial charge >= 0.3 is 0 Å². The van der Waals surface area contributed by atoms with Crippen LogP contribution in [0, 0.1) is 5.82 Å². The normalized spacial score (nSPS) is 12.4. The van der Waals surface area contributed by atoms with Crippen molar-refractivity contribution in [3.05, 3.63) is 47.5 Å². The van der Waals surface area contributed by atoms with E-state index in [0.717, 1.165) is 12.1 Å². The van der Waals surface area contributed by atoms with E-state index >= 15 is 0 Å². The number of aryl methyl sites for hydroxylation is 1. The molecular weight excluding hydrogens is 247 g/mol. The van der Waals surface area contributed by atoms with Crippen LogP contribution in [-0.4, -0.2) is 14.9 Å². The van der Waals surface area contributed by atoms with Gasteiger partial charge in [0.05, 0.1) is 12.3 Å². The number of benzene rings is 1. The molecule has 1 heterocycles. The fourth-order valence-corrected chi connectivity index (χ4v) is 1.79.